The van der Waals surface area contributed by atoms with E-state index in [1.807, 2.05) is 6.92 Å². The molecule has 0 saturated carbocycles. The number of aromatic carboxylic acids is 1. The Morgan fingerprint density at radius 2 is 1.91 bits per heavy atom. The molecule has 5 heteroatoms. The van der Waals surface area contributed by atoms with Crippen LogP contribution >= 0.6 is 0 Å². The van der Waals surface area contributed by atoms with E-state index in [1.54, 1.807) is 4.90 Å². The molecule has 0 aromatic carbocycles. The maximum absolute atomic E-state index is 12.5. The Morgan fingerprint density at radius 3 is 2.32 bits per heavy atom. The highest BCUT2D eigenvalue weighted by atomic mass is 16.4. The highest BCUT2D eigenvalue weighted by Gasteiger charge is 2.32. The summed E-state index contributed by atoms with van der Waals surface area (Å²) in [5.41, 5.74) is 0.349. The van der Waals surface area contributed by atoms with Crippen LogP contribution in [0.1, 0.15) is 67.2 Å². The van der Waals surface area contributed by atoms with Gasteiger partial charge in [-0.3, -0.25) is 4.79 Å². The quantitative estimate of drug-likeness (QED) is 0.928. The lowest BCUT2D eigenvalue weighted by molar-refractivity contribution is 0.0577. The average molecular weight is 307 g/mol. The molecule has 1 aromatic rings. The largest absolute Gasteiger partial charge is 0.478 e. The molecule has 1 amide bonds. The summed E-state index contributed by atoms with van der Waals surface area (Å²) >= 11 is 0. The highest BCUT2D eigenvalue weighted by Crippen LogP contribution is 2.34. The van der Waals surface area contributed by atoms with E-state index in [2.05, 4.69) is 20.8 Å². The van der Waals surface area contributed by atoms with Crippen molar-refractivity contribution in [2.45, 2.75) is 47.0 Å². The van der Waals surface area contributed by atoms with E-state index < -0.39 is 5.97 Å². The maximum atomic E-state index is 12.5. The Hall–Kier alpha value is -1.78. The van der Waals surface area contributed by atoms with E-state index in [0.29, 0.717) is 31.2 Å². The zero-order chi connectivity index (χ0) is 16.5. The molecule has 2 rings (SSSR count). The second kappa shape index (κ2) is 6.15. The Labute approximate surface area is 131 Å². The molecule has 1 aliphatic heterocycles. The average Bonchev–Trinajstić information content (AvgIpc) is 2.90. The number of carboxylic acid groups (broad SMARTS) is 1. The molecule has 5 nitrogen and oxygen atoms in total. The van der Waals surface area contributed by atoms with Crippen molar-refractivity contribution in [2.75, 3.05) is 13.1 Å². The van der Waals surface area contributed by atoms with Crippen LogP contribution in [0.4, 0.5) is 0 Å². The predicted octanol–water partition coefficient (Wildman–Crippen LogP) is 3.44. The standard InChI is InChI=1S/C17H25NO4/c1-5-13-12(16(20)21)10-14(22-13)15(19)18-8-6-11(7-9-18)17(2,3)4/h10-11H,5-9H2,1-4H3,(H,20,21). The van der Waals surface area contributed by atoms with Gasteiger partial charge in [0.1, 0.15) is 11.3 Å². The lowest BCUT2D eigenvalue weighted by atomic mass is 9.75. The first-order valence-electron chi connectivity index (χ1n) is 7.89. The van der Waals surface area contributed by atoms with Crippen LogP contribution in [0.5, 0.6) is 0 Å². The summed E-state index contributed by atoms with van der Waals surface area (Å²) in [6.07, 6.45) is 2.41. The molecular weight excluding hydrogens is 282 g/mol. The van der Waals surface area contributed by atoms with Crippen molar-refractivity contribution >= 4 is 11.9 Å². The number of carbonyl (C=O) groups excluding carboxylic acids is 1. The monoisotopic (exact) mass is 307 g/mol. The fourth-order valence-electron chi connectivity index (χ4n) is 3.08. The molecule has 0 radical (unpaired) electrons. The van der Waals surface area contributed by atoms with E-state index in [9.17, 15) is 9.59 Å². The Kier molecular flexibility index (Phi) is 4.63. The summed E-state index contributed by atoms with van der Waals surface area (Å²) in [4.78, 5) is 25.4. The van der Waals surface area contributed by atoms with Crippen LogP contribution in [0.15, 0.2) is 10.5 Å². The first kappa shape index (κ1) is 16.6. The van der Waals surface area contributed by atoms with Gasteiger partial charge in [-0.1, -0.05) is 27.7 Å². The number of carboxylic acids is 1. The van der Waals surface area contributed by atoms with Crippen molar-refractivity contribution < 1.29 is 19.1 Å². The van der Waals surface area contributed by atoms with Crippen molar-refractivity contribution in [1.29, 1.82) is 0 Å². The minimum absolute atomic E-state index is 0.0930. The van der Waals surface area contributed by atoms with Crippen molar-refractivity contribution in [3.63, 3.8) is 0 Å². The fraction of sp³-hybridized carbons (Fsp3) is 0.647. The first-order valence-corrected chi connectivity index (χ1v) is 7.89. The molecule has 1 saturated heterocycles. The van der Waals surface area contributed by atoms with Crippen molar-refractivity contribution in [1.82, 2.24) is 4.90 Å². The SMILES string of the molecule is CCc1oc(C(=O)N2CCC(C(C)(C)C)CC2)cc1C(=O)O. The number of aryl methyl sites for hydroxylation is 1. The van der Waals surface area contributed by atoms with Crippen LogP contribution in [0.3, 0.4) is 0 Å². The van der Waals surface area contributed by atoms with E-state index in [1.165, 1.54) is 6.07 Å². The molecule has 22 heavy (non-hydrogen) atoms. The molecule has 1 fully saturated rings. The topological polar surface area (TPSA) is 70.8 Å². The number of hydrogen-bond donors (Lipinski definition) is 1. The van der Waals surface area contributed by atoms with Crippen molar-refractivity contribution in [3.8, 4) is 0 Å². The maximum Gasteiger partial charge on any atom is 0.339 e. The van der Waals surface area contributed by atoms with E-state index in [0.717, 1.165) is 12.8 Å². The van der Waals surface area contributed by atoms with Gasteiger partial charge >= 0.3 is 5.97 Å². The van der Waals surface area contributed by atoms with Crippen LogP contribution < -0.4 is 0 Å². The van der Waals surface area contributed by atoms with Gasteiger partial charge in [0.05, 0.1) is 0 Å². The van der Waals surface area contributed by atoms with Crippen LogP contribution in [-0.4, -0.2) is 35.0 Å². The summed E-state index contributed by atoms with van der Waals surface area (Å²) in [5, 5.41) is 9.14. The molecule has 0 atom stereocenters. The van der Waals surface area contributed by atoms with E-state index in [-0.39, 0.29) is 22.6 Å². The van der Waals surface area contributed by atoms with Gasteiger partial charge in [-0.15, -0.1) is 0 Å². The van der Waals surface area contributed by atoms with E-state index in [4.69, 9.17) is 9.52 Å². The molecule has 0 unspecified atom stereocenters. The van der Waals surface area contributed by atoms with Gasteiger partial charge in [0.25, 0.3) is 5.91 Å². The second-order valence-electron chi connectivity index (χ2n) is 7.04. The Balaban J connectivity index is 2.09. The van der Waals surface area contributed by atoms with Gasteiger partial charge in [0, 0.05) is 25.6 Å². The lowest BCUT2D eigenvalue weighted by Crippen LogP contribution is -2.41. The third kappa shape index (κ3) is 3.34. The number of hydrogen-bond acceptors (Lipinski definition) is 3. The van der Waals surface area contributed by atoms with Crippen molar-refractivity contribution in [2.24, 2.45) is 11.3 Å². The third-order valence-electron chi connectivity index (χ3n) is 4.58. The van der Waals surface area contributed by atoms with Gasteiger partial charge < -0.3 is 14.4 Å². The van der Waals surface area contributed by atoms with Crippen LogP contribution in [0, 0.1) is 11.3 Å². The number of likely N-dealkylation sites (tertiary alicyclic amines) is 1. The number of amides is 1. The summed E-state index contributed by atoms with van der Waals surface area (Å²) < 4.78 is 5.46. The summed E-state index contributed by atoms with van der Waals surface area (Å²) in [6, 6.07) is 1.36. The molecule has 0 bridgehead atoms. The Bertz CT molecular complexity index is 560. The van der Waals surface area contributed by atoms with Crippen molar-refractivity contribution in [3.05, 3.63) is 23.2 Å². The minimum Gasteiger partial charge on any atom is -0.478 e. The van der Waals surface area contributed by atoms with Gasteiger partial charge in [-0.05, 0) is 24.2 Å². The zero-order valence-electron chi connectivity index (χ0n) is 13.8. The molecule has 0 spiro atoms. The van der Waals surface area contributed by atoms with Crippen LogP contribution in [0.25, 0.3) is 0 Å². The molecule has 1 N–H and O–H groups in total. The van der Waals surface area contributed by atoms with Gasteiger partial charge in [0.2, 0.25) is 0 Å². The smallest absolute Gasteiger partial charge is 0.339 e. The van der Waals surface area contributed by atoms with Gasteiger partial charge in [-0.25, -0.2) is 4.79 Å². The number of carbonyl (C=O) groups is 2. The van der Waals surface area contributed by atoms with Crippen LogP contribution in [0.2, 0.25) is 0 Å². The number of rotatable bonds is 3. The molecule has 122 valence electrons. The number of nitrogens with zero attached hydrogens (tertiary/aromatic N) is 1. The predicted molar refractivity (Wildman–Crippen MR) is 83.1 cm³/mol. The van der Waals surface area contributed by atoms with E-state index >= 15 is 0 Å². The summed E-state index contributed by atoms with van der Waals surface area (Å²) in [7, 11) is 0. The second-order valence-corrected chi connectivity index (χ2v) is 7.04. The molecule has 1 aromatic heterocycles. The molecule has 1 aliphatic rings. The zero-order valence-corrected chi connectivity index (χ0v) is 13.8. The fourth-order valence-corrected chi connectivity index (χ4v) is 3.08. The molecule has 0 aliphatic carbocycles. The lowest BCUT2D eigenvalue weighted by Gasteiger charge is -2.38. The molecule has 2 heterocycles. The summed E-state index contributed by atoms with van der Waals surface area (Å²) in [6.45, 7) is 9.90. The Morgan fingerprint density at radius 1 is 1.32 bits per heavy atom. The minimum atomic E-state index is -1.05. The normalized spacial score (nSPS) is 16.8. The first-order chi connectivity index (χ1) is 10.2. The van der Waals surface area contributed by atoms with Crippen LogP contribution in [-0.2, 0) is 6.42 Å². The van der Waals surface area contributed by atoms with Gasteiger partial charge in [-0.2, -0.15) is 0 Å². The molecular formula is C17H25NO4. The van der Waals surface area contributed by atoms with Gasteiger partial charge in [0.15, 0.2) is 5.76 Å². The number of piperidine rings is 1. The summed E-state index contributed by atoms with van der Waals surface area (Å²) in [5.74, 6) is -0.140. The number of furan rings is 1. The highest BCUT2D eigenvalue weighted by molar-refractivity contribution is 5.96. The third-order valence-corrected chi connectivity index (χ3v) is 4.58.